The fourth-order valence-corrected chi connectivity index (χ4v) is 3.85. The van der Waals surface area contributed by atoms with Crippen molar-refractivity contribution in [2.24, 2.45) is 0 Å². The van der Waals surface area contributed by atoms with E-state index in [1.54, 1.807) is 23.1 Å². The zero-order valence-corrected chi connectivity index (χ0v) is 19.6. The number of anilines is 1. The lowest BCUT2D eigenvalue weighted by Crippen LogP contribution is -2.52. The third-order valence-corrected chi connectivity index (χ3v) is 5.88. The summed E-state index contributed by atoms with van der Waals surface area (Å²) in [4.78, 5) is 29.6. The van der Waals surface area contributed by atoms with Gasteiger partial charge in [-0.3, -0.25) is 4.79 Å². The first-order valence-corrected chi connectivity index (χ1v) is 11.3. The molecule has 0 aromatic heterocycles. The van der Waals surface area contributed by atoms with Gasteiger partial charge in [0.1, 0.15) is 0 Å². The third kappa shape index (κ3) is 6.45. The fraction of sp³-hybridized carbons (Fsp3) is 0.417. The minimum atomic E-state index is -0.355. The van der Waals surface area contributed by atoms with Crippen LogP contribution in [0.2, 0.25) is 5.02 Å². The van der Waals surface area contributed by atoms with Crippen molar-refractivity contribution in [1.82, 2.24) is 15.1 Å². The molecule has 0 aliphatic carbocycles. The maximum Gasteiger partial charge on any atom is 0.319 e. The van der Waals surface area contributed by atoms with E-state index >= 15 is 0 Å². The van der Waals surface area contributed by atoms with E-state index in [2.05, 4.69) is 15.5 Å². The number of urea groups is 1. The molecule has 2 aromatic carbocycles. The van der Waals surface area contributed by atoms with Crippen LogP contribution in [0.15, 0.2) is 48.5 Å². The summed E-state index contributed by atoms with van der Waals surface area (Å²) in [6.45, 7) is 7.16. The highest BCUT2D eigenvalue weighted by molar-refractivity contribution is 6.34. The number of nitrogens with one attached hydrogen (secondary N) is 2. The van der Waals surface area contributed by atoms with Gasteiger partial charge in [0.15, 0.2) is 0 Å². The first-order valence-electron chi connectivity index (χ1n) is 10.9. The Morgan fingerprint density at radius 2 is 2.00 bits per heavy atom. The lowest BCUT2D eigenvalue weighted by Gasteiger charge is -2.33. The minimum absolute atomic E-state index is 0.0713. The van der Waals surface area contributed by atoms with Crippen LogP contribution in [-0.2, 0) is 11.3 Å². The first kappa shape index (κ1) is 24.0. The SMILES string of the molecule is CCN(Cc1ccccc1)C(=O)c1cc(NC(=O)NC(C)C2CN(C)CCO2)ccc1Cl. The summed E-state index contributed by atoms with van der Waals surface area (Å²) < 4.78 is 5.76. The molecule has 1 saturated heterocycles. The van der Waals surface area contributed by atoms with E-state index in [4.69, 9.17) is 16.3 Å². The van der Waals surface area contributed by atoms with Gasteiger partial charge in [-0.15, -0.1) is 0 Å². The Labute approximate surface area is 194 Å². The highest BCUT2D eigenvalue weighted by Gasteiger charge is 2.25. The normalized spacial score (nSPS) is 17.4. The van der Waals surface area contributed by atoms with Crippen LogP contribution in [-0.4, -0.2) is 67.2 Å². The number of carbonyl (C=O) groups is 2. The molecule has 1 heterocycles. The maximum atomic E-state index is 13.1. The molecule has 8 heteroatoms. The molecule has 2 aromatic rings. The number of rotatable bonds is 7. The first-order chi connectivity index (χ1) is 15.4. The summed E-state index contributed by atoms with van der Waals surface area (Å²) in [5.74, 6) is -0.183. The van der Waals surface area contributed by atoms with Crippen LogP contribution in [0.4, 0.5) is 10.5 Å². The van der Waals surface area contributed by atoms with Gasteiger partial charge < -0.3 is 25.2 Å². The predicted molar refractivity (Wildman–Crippen MR) is 127 cm³/mol. The van der Waals surface area contributed by atoms with E-state index in [9.17, 15) is 9.59 Å². The van der Waals surface area contributed by atoms with Crippen LogP contribution < -0.4 is 10.6 Å². The van der Waals surface area contributed by atoms with Gasteiger partial charge in [-0.25, -0.2) is 4.79 Å². The van der Waals surface area contributed by atoms with E-state index < -0.39 is 0 Å². The molecule has 32 heavy (non-hydrogen) atoms. The van der Waals surface area contributed by atoms with Gasteiger partial charge in [0.05, 0.1) is 29.3 Å². The number of nitrogens with zero attached hydrogens (tertiary/aromatic N) is 2. The highest BCUT2D eigenvalue weighted by atomic mass is 35.5. The average molecular weight is 459 g/mol. The van der Waals surface area contributed by atoms with Crippen LogP contribution >= 0.6 is 11.6 Å². The van der Waals surface area contributed by atoms with Gasteiger partial charge in [0.2, 0.25) is 0 Å². The monoisotopic (exact) mass is 458 g/mol. The topological polar surface area (TPSA) is 73.9 Å². The summed E-state index contributed by atoms with van der Waals surface area (Å²) in [5, 5.41) is 6.07. The number of carbonyl (C=O) groups excluding carboxylic acids is 2. The number of hydrogen-bond acceptors (Lipinski definition) is 4. The number of ether oxygens (including phenoxy) is 1. The zero-order valence-electron chi connectivity index (χ0n) is 18.8. The molecule has 2 atom stereocenters. The Morgan fingerprint density at radius 1 is 1.25 bits per heavy atom. The van der Waals surface area contributed by atoms with Gasteiger partial charge in [-0.1, -0.05) is 41.9 Å². The second-order valence-corrected chi connectivity index (χ2v) is 8.47. The van der Waals surface area contributed by atoms with Gasteiger partial charge in [-0.05, 0) is 44.7 Å². The quantitative estimate of drug-likeness (QED) is 0.661. The largest absolute Gasteiger partial charge is 0.373 e. The summed E-state index contributed by atoms with van der Waals surface area (Å²) in [6, 6.07) is 14.2. The van der Waals surface area contributed by atoms with Crippen LogP contribution in [0.25, 0.3) is 0 Å². The predicted octanol–water partition coefficient (Wildman–Crippen LogP) is 3.84. The molecule has 2 unspecified atom stereocenters. The molecule has 0 bridgehead atoms. The van der Waals surface area contributed by atoms with Crippen molar-refractivity contribution in [2.45, 2.75) is 32.5 Å². The molecule has 3 amide bonds. The summed E-state index contributed by atoms with van der Waals surface area (Å²) in [6.07, 6.45) is -0.0713. The van der Waals surface area contributed by atoms with E-state index in [1.807, 2.05) is 51.2 Å². The zero-order chi connectivity index (χ0) is 23.1. The molecule has 1 aliphatic heterocycles. The molecule has 1 aliphatic rings. The second kappa shape index (κ2) is 11.3. The molecular formula is C24H31ClN4O3. The molecule has 172 valence electrons. The molecular weight excluding hydrogens is 428 g/mol. The van der Waals surface area contributed by atoms with Gasteiger partial charge >= 0.3 is 6.03 Å². The van der Waals surface area contributed by atoms with Crippen LogP contribution in [0.3, 0.4) is 0 Å². The van der Waals surface area contributed by atoms with Gasteiger partial charge in [0, 0.05) is 31.9 Å². The van der Waals surface area contributed by atoms with Gasteiger partial charge in [0.25, 0.3) is 5.91 Å². The Hall–Kier alpha value is -2.61. The highest BCUT2D eigenvalue weighted by Crippen LogP contribution is 2.23. The van der Waals surface area contributed by atoms with E-state index in [1.165, 1.54) is 0 Å². The minimum Gasteiger partial charge on any atom is -0.373 e. The summed E-state index contributed by atoms with van der Waals surface area (Å²) in [5.41, 5.74) is 1.89. The number of hydrogen-bond donors (Lipinski definition) is 2. The van der Waals surface area contributed by atoms with Crippen molar-refractivity contribution in [3.63, 3.8) is 0 Å². The van der Waals surface area contributed by atoms with Crippen LogP contribution in [0, 0.1) is 0 Å². The molecule has 2 N–H and O–H groups in total. The number of benzene rings is 2. The Balaban J connectivity index is 1.65. The van der Waals surface area contributed by atoms with Crippen LogP contribution in [0.1, 0.15) is 29.8 Å². The van der Waals surface area contributed by atoms with Crippen molar-refractivity contribution < 1.29 is 14.3 Å². The maximum absolute atomic E-state index is 13.1. The van der Waals surface area contributed by atoms with E-state index in [-0.39, 0.29) is 24.1 Å². The lowest BCUT2D eigenvalue weighted by atomic mass is 10.1. The van der Waals surface area contributed by atoms with Crippen molar-refractivity contribution in [1.29, 1.82) is 0 Å². The van der Waals surface area contributed by atoms with Gasteiger partial charge in [-0.2, -0.15) is 0 Å². The van der Waals surface area contributed by atoms with Crippen molar-refractivity contribution in [2.75, 3.05) is 38.6 Å². The summed E-state index contributed by atoms with van der Waals surface area (Å²) in [7, 11) is 2.03. The van der Waals surface area contributed by atoms with E-state index in [0.717, 1.165) is 18.7 Å². The number of likely N-dealkylation sites (N-methyl/N-ethyl adjacent to an activating group) is 1. The average Bonchev–Trinajstić information content (AvgIpc) is 2.79. The smallest absolute Gasteiger partial charge is 0.319 e. The van der Waals surface area contributed by atoms with Crippen molar-refractivity contribution >= 4 is 29.2 Å². The second-order valence-electron chi connectivity index (χ2n) is 8.06. The molecule has 0 radical (unpaired) electrons. The summed E-state index contributed by atoms with van der Waals surface area (Å²) >= 11 is 6.33. The van der Waals surface area contributed by atoms with Crippen molar-refractivity contribution in [3.05, 3.63) is 64.7 Å². The Morgan fingerprint density at radius 3 is 2.69 bits per heavy atom. The molecule has 0 saturated carbocycles. The fourth-order valence-electron chi connectivity index (χ4n) is 3.65. The molecule has 0 spiro atoms. The van der Waals surface area contributed by atoms with Crippen molar-refractivity contribution in [3.8, 4) is 0 Å². The Kier molecular flexibility index (Phi) is 8.50. The molecule has 1 fully saturated rings. The molecule has 7 nitrogen and oxygen atoms in total. The number of amides is 3. The molecule has 3 rings (SSSR count). The Bertz CT molecular complexity index is 925. The van der Waals surface area contributed by atoms with E-state index in [0.29, 0.717) is 36.0 Å². The third-order valence-electron chi connectivity index (χ3n) is 5.55. The number of morpholine rings is 1. The standard InChI is InChI=1S/C24H31ClN4O3/c1-4-29(15-18-8-6-5-7-9-18)23(30)20-14-19(10-11-21(20)25)27-24(31)26-17(2)22-16-28(3)12-13-32-22/h5-11,14,17,22H,4,12-13,15-16H2,1-3H3,(H2,26,27,31). The lowest BCUT2D eigenvalue weighted by molar-refractivity contribution is -0.0331. The van der Waals surface area contributed by atoms with Crippen LogP contribution in [0.5, 0.6) is 0 Å². The number of halogens is 1.